The van der Waals surface area contributed by atoms with Gasteiger partial charge in [0.1, 0.15) is 16.6 Å². The molecule has 2 N–H and O–H groups in total. The summed E-state index contributed by atoms with van der Waals surface area (Å²) in [7, 11) is 0. The van der Waals surface area contributed by atoms with Gasteiger partial charge in [0.05, 0.1) is 6.04 Å². The van der Waals surface area contributed by atoms with Crippen LogP contribution in [0.2, 0.25) is 0 Å². The van der Waals surface area contributed by atoms with Crippen molar-refractivity contribution in [3.63, 3.8) is 0 Å². The number of amidine groups is 1. The van der Waals surface area contributed by atoms with Gasteiger partial charge >= 0.3 is 0 Å². The monoisotopic (exact) mass is 490 g/mol. The second-order valence-electron chi connectivity index (χ2n) is 8.74. The van der Waals surface area contributed by atoms with Crippen LogP contribution in [0.15, 0.2) is 64.0 Å². The van der Waals surface area contributed by atoms with E-state index in [0.717, 1.165) is 42.1 Å². The van der Waals surface area contributed by atoms with Gasteiger partial charge in [0.2, 0.25) is 5.91 Å². The number of hydrogen-bond acceptors (Lipinski definition) is 6. The van der Waals surface area contributed by atoms with Crippen molar-refractivity contribution < 1.29 is 18.8 Å². The summed E-state index contributed by atoms with van der Waals surface area (Å²) in [6.45, 7) is 3.69. The Bertz CT molecular complexity index is 1260. The molecule has 0 bridgehead atoms. The lowest BCUT2D eigenvalue weighted by Crippen LogP contribution is -2.26. The van der Waals surface area contributed by atoms with Gasteiger partial charge in [0.15, 0.2) is 5.17 Å². The zero-order valence-corrected chi connectivity index (χ0v) is 20.1. The first kappa shape index (κ1) is 23.2. The Kier molecular flexibility index (Phi) is 6.59. The number of anilines is 1. The number of likely N-dealkylation sites (tertiary alicyclic amines) is 1. The maximum absolute atomic E-state index is 12.7. The molecule has 2 aliphatic rings. The molecule has 0 unspecified atom stereocenters. The molecule has 9 heteroatoms. The Morgan fingerprint density at radius 2 is 1.89 bits per heavy atom. The Labute approximate surface area is 207 Å². The molecule has 3 aromatic rings. The van der Waals surface area contributed by atoms with E-state index in [1.54, 1.807) is 24.3 Å². The summed E-state index contributed by atoms with van der Waals surface area (Å²) in [6.07, 6.45) is 2.26. The Morgan fingerprint density at radius 1 is 1.14 bits per heavy atom. The molecule has 8 nitrogen and oxygen atoms in total. The third-order valence-electron chi connectivity index (χ3n) is 6.13. The molecular weight excluding hydrogens is 464 g/mol. The van der Waals surface area contributed by atoms with Crippen LogP contribution in [-0.2, 0) is 9.59 Å². The number of carbonyl (C=O) groups is 3. The van der Waals surface area contributed by atoms with Gasteiger partial charge in [0.25, 0.3) is 11.8 Å². The highest BCUT2D eigenvalue weighted by atomic mass is 32.2. The van der Waals surface area contributed by atoms with Crippen molar-refractivity contribution in [2.45, 2.75) is 37.5 Å². The molecule has 2 aromatic carbocycles. The normalized spacial score (nSPS) is 18.5. The van der Waals surface area contributed by atoms with Crippen LogP contribution in [0, 0.1) is 0 Å². The molecule has 1 fully saturated rings. The summed E-state index contributed by atoms with van der Waals surface area (Å²) in [5.74, 6) is -0.0721. The van der Waals surface area contributed by atoms with Crippen LogP contribution in [0.4, 0.5) is 5.69 Å². The lowest BCUT2D eigenvalue weighted by molar-refractivity contribution is -0.121. The molecule has 0 aliphatic carbocycles. The molecule has 1 aromatic heterocycles. The SMILES string of the molecule is C[C@H](NC(=O)c1ccc(NC(=O)C[C@H]2SC(N3CCCC3)=NC2=O)cc1)c1cc2ccccc2o1. The summed E-state index contributed by atoms with van der Waals surface area (Å²) in [6, 6.07) is 16.0. The number of thioether (sulfide) groups is 1. The van der Waals surface area contributed by atoms with Crippen molar-refractivity contribution in [3.05, 3.63) is 65.9 Å². The van der Waals surface area contributed by atoms with Crippen molar-refractivity contribution in [2.75, 3.05) is 18.4 Å². The first-order valence-electron chi connectivity index (χ1n) is 11.7. The van der Waals surface area contributed by atoms with Crippen LogP contribution in [-0.4, -0.2) is 46.1 Å². The van der Waals surface area contributed by atoms with E-state index in [9.17, 15) is 14.4 Å². The van der Waals surface area contributed by atoms with Crippen molar-refractivity contribution in [3.8, 4) is 0 Å². The van der Waals surface area contributed by atoms with Crippen molar-refractivity contribution in [1.29, 1.82) is 0 Å². The molecule has 35 heavy (non-hydrogen) atoms. The van der Waals surface area contributed by atoms with E-state index in [-0.39, 0.29) is 30.2 Å². The summed E-state index contributed by atoms with van der Waals surface area (Å²) < 4.78 is 5.83. The predicted octanol–water partition coefficient (Wildman–Crippen LogP) is 4.35. The predicted molar refractivity (Wildman–Crippen MR) is 136 cm³/mol. The average molecular weight is 491 g/mol. The second kappa shape index (κ2) is 9.95. The number of nitrogens with one attached hydrogen (secondary N) is 2. The number of aliphatic imine (C=N–C) groups is 1. The number of rotatable bonds is 6. The van der Waals surface area contributed by atoms with Crippen LogP contribution in [0.3, 0.4) is 0 Å². The lowest BCUT2D eigenvalue weighted by Gasteiger charge is -2.16. The quantitative estimate of drug-likeness (QED) is 0.533. The molecule has 2 aliphatic heterocycles. The fraction of sp³-hybridized carbons (Fsp3) is 0.308. The van der Waals surface area contributed by atoms with Gasteiger partial charge in [-0.2, -0.15) is 4.99 Å². The maximum atomic E-state index is 12.7. The van der Waals surface area contributed by atoms with Gasteiger partial charge in [-0.1, -0.05) is 30.0 Å². The third kappa shape index (κ3) is 5.24. The fourth-order valence-corrected chi connectivity index (χ4v) is 5.32. The van der Waals surface area contributed by atoms with Gasteiger partial charge in [-0.05, 0) is 56.2 Å². The molecule has 180 valence electrons. The maximum Gasteiger partial charge on any atom is 0.262 e. The van der Waals surface area contributed by atoms with E-state index in [0.29, 0.717) is 17.0 Å². The molecule has 2 atom stereocenters. The molecular formula is C26H26N4O4S. The minimum Gasteiger partial charge on any atom is -0.459 e. The highest BCUT2D eigenvalue weighted by Crippen LogP contribution is 2.29. The zero-order chi connectivity index (χ0) is 24.4. The Morgan fingerprint density at radius 3 is 2.63 bits per heavy atom. The smallest absolute Gasteiger partial charge is 0.262 e. The number of nitrogens with zero attached hydrogens (tertiary/aromatic N) is 2. The van der Waals surface area contributed by atoms with E-state index in [2.05, 4.69) is 20.5 Å². The number of fused-ring (bicyclic) bond motifs is 1. The van der Waals surface area contributed by atoms with Crippen LogP contribution in [0.25, 0.3) is 11.0 Å². The molecule has 3 amide bonds. The number of furan rings is 1. The van der Waals surface area contributed by atoms with E-state index in [1.165, 1.54) is 11.8 Å². The summed E-state index contributed by atoms with van der Waals surface area (Å²) in [4.78, 5) is 43.7. The number of carbonyl (C=O) groups excluding carboxylic acids is 3. The number of benzene rings is 2. The first-order chi connectivity index (χ1) is 17.0. The molecule has 0 spiro atoms. The first-order valence-corrected chi connectivity index (χ1v) is 12.6. The minimum absolute atomic E-state index is 0.0571. The van der Waals surface area contributed by atoms with Gasteiger partial charge in [0, 0.05) is 36.1 Å². The van der Waals surface area contributed by atoms with Crippen molar-refractivity contribution >= 4 is 51.3 Å². The fourth-order valence-electron chi connectivity index (χ4n) is 4.21. The van der Waals surface area contributed by atoms with Crippen molar-refractivity contribution in [1.82, 2.24) is 10.2 Å². The highest BCUT2D eigenvalue weighted by molar-refractivity contribution is 8.15. The van der Waals surface area contributed by atoms with E-state index in [4.69, 9.17) is 4.42 Å². The lowest BCUT2D eigenvalue weighted by atomic mass is 10.1. The van der Waals surface area contributed by atoms with E-state index >= 15 is 0 Å². The van der Waals surface area contributed by atoms with Crippen LogP contribution in [0.1, 0.15) is 48.3 Å². The van der Waals surface area contributed by atoms with Gasteiger partial charge in [-0.25, -0.2) is 0 Å². The summed E-state index contributed by atoms with van der Waals surface area (Å²) in [5.41, 5.74) is 1.81. The average Bonchev–Trinajstić information content (AvgIpc) is 3.60. The molecule has 0 saturated carbocycles. The van der Waals surface area contributed by atoms with Crippen LogP contribution in [0.5, 0.6) is 0 Å². The second-order valence-corrected chi connectivity index (χ2v) is 9.91. The third-order valence-corrected chi connectivity index (χ3v) is 7.34. The minimum atomic E-state index is -0.490. The highest BCUT2D eigenvalue weighted by Gasteiger charge is 2.33. The van der Waals surface area contributed by atoms with Crippen LogP contribution < -0.4 is 10.6 Å². The van der Waals surface area contributed by atoms with Gasteiger partial charge in [-0.3, -0.25) is 14.4 Å². The largest absolute Gasteiger partial charge is 0.459 e. The van der Waals surface area contributed by atoms with Gasteiger partial charge < -0.3 is 20.0 Å². The summed E-state index contributed by atoms with van der Waals surface area (Å²) >= 11 is 1.37. The number of para-hydroxylation sites is 1. The molecule has 5 rings (SSSR count). The topological polar surface area (TPSA) is 104 Å². The van der Waals surface area contributed by atoms with Crippen molar-refractivity contribution in [2.24, 2.45) is 4.99 Å². The number of hydrogen-bond donors (Lipinski definition) is 2. The van der Waals surface area contributed by atoms with Crippen LogP contribution >= 0.6 is 11.8 Å². The Hall–Kier alpha value is -3.59. The van der Waals surface area contributed by atoms with E-state index < -0.39 is 5.25 Å². The summed E-state index contributed by atoms with van der Waals surface area (Å²) in [5, 5.41) is 6.97. The number of amides is 3. The molecule has 1 saturated heterocycles. The standard InChI is InChI=1S/C26H26N4O4S/c1-16(21-14-18-6-2-3-7-20(18)34-21)27-24(32)17-8-10-19(11-9-17)28-23(31)15-22-25(33)29-26(35-22)30-12-4-5-13-30/h2-3,6-11,14,16,22H,4-5,12-13,15H2,1H3,(H,27,32)(H,28,31)/t16-,22+/m0/s1. The Balaban J connectivity index is 1.13. The molecule has 0 radical (unpaired) electrons. The molecule has 3 heterocycles. The zero-order valence-electron chi connectivity index (χ0n) is 19.3. The van der Waals surface area contributed by atoms with Gasteiger partial charge in [-0.15, -0.1) is 0 Å². The van der Waals surface area contributed by atoms with E-state index in [1.807, 2.05) is 37.3 Å².